The number of halogens is 2. The van der Waals surface area contributed by atoms with Crippen molar-refractivity contribution in [2.75, 3.05) is 0 Å². The molecule has 0 amide bonds. The van der Waals surface area contributed by atoms with Crippen LogP contribution in [0, 0.1) is 0 Å². The van der Waals surface area contributed by atoms with Crippen molar-refractivity contribution in [3.05, 3.63) is 40.4 Å². The number of nitrogens with zero attached hydrogens (tertiary/aromatic N) is 3. The van der Waals surface area contributed by atoms with Crippen LogP contribution in [0.15, 0.2) is 28.9 Å². The topological polar surface area (TPSA) is 77.8 Å². The molecule has 2 N–H and O–H groups in total. The monoisotopic (exact) mass is 296 g/mol. The SMILES string of the molecule is NC1C=CC(c2nc(-c3ncc(Cl)cc3Cl)no2)C1. The highest BCUT2D eigenvalue weighted by atomic mass is 35.5. The first-order valence-corrected chi connectivity index (χ1v) is 6.48. The van der Waals surface area contributed by atoms with Gasteiger partial charge in [0.25, 0.3) is 0 Å². The largest absolute Gasteiger partial charge is 0.338 e. The van der Waals surface area contributed by atoms with Gasteiger partial charge >= 0.3 is 0 Å². The van der Waals surface area contributed by atoms with Gasteiger partial charge in [-0.15, -0.1) is 0 Å². The third kappa shape index (κ3) is 2.49. The fourth-order valence-corrected chi connectivity index (χ4v) is 2.44. The summed E-state index contributed by atoms with van der Waals surface area (Å²) in [6.45, 7) is 0. The lowest BCUT2D eigenvalue weighted by Crippen LogP contribution is -2.14. The number of hydrogen-bond acceptors (Lipinski definition) is 5. The molecule has 7 heteroatoms. The van der Waals surface area contributed by atoms with E-state index in [1.165, 1.54) is 6.20 Å². The number of pyridine rings is 1. The van der Waals surface area contributed by atoms with Crippen LogP contribution in [0.2, 0.25) is 10.0 Å². The van der Waals surface area contributed by atoms with Gasteiger partial charge in [-0.2, -0.15) is 4.98 Å². The fourth-order valence-electron chi connectivity index (χ4n) is 1.97. The lowest BCUT2D eigenvalue weighted by molar-refractivity contribution is 0.364. The van der Waals surface area contributed by atoms with E-state index < -0.39 is 0 Å². The molecule has 19 heavy (non-hydrogen) atoms. The summed E-state index contributed by atoms with van der Waals surface area (Å²) in [6, 6.07) is 1.63. The zero-order valence-electron chi connectivity index (χ0n) is 9.75. The average molecular weight is 297 g/mol. The predicted octanol–water partition coefficient (Wildman–Crippen LogP) is 2.81. The molecule has 98 valence electrons. The quantitative estimate of drug-likeness (QED) is 0.862. The van der Waals surface area contributed by atoms with Gasteiger partial charge in [0.15, 0.2) is 0 Å². The highest BCUT2D eigenvalue weighted by Crippen LogP contribution is 2.30. The van der Waals surface area contributed by atoms with Crippen LogP contribution < -0.4 is 5.73 Å². The van der Waals surface area contributed by atoms with E-state index in [0.717, 1.165) is 6.42 Å². The van der Waals surface area contributed by atoms with E-state index in [4.69, 9.17) is 33.5 Å². The number of nitrogens with two attached hydrogens (primary N) is 1. The molecule has 0 bridgehead atoms. The maximum atomic E-state index is 6.05. The summed E-state index contributed by atoms with van der Waals surface area (Å²) in [5, 5.41) is 4.74. The molecular weight excluding hydrogens is 287 g/mol. The molecule has 0 aromatic carbocycles. The van der Waals surface area contributed by atoms with Crippen LogP contribution >= 0.6 is 23.2 Å². The van der Waals surface area contributed by atoms with E-state index in [9.17, 15) is 0 Å². The van der Waals surface area contributed by atoms with E-state index in [1.807, 2.05) is 12.2 Å². The van der Waals surface area contributed by atoms with Crippen LogP contribution in [-0.4, -0.2) is 21.2 Å². The molecule has 2 aromatic rings. The van der Waals surface area contributed by atoms with Crippen molar-refractivity contribution >= 4 is 23.2 Å². The normalized spacial score (nSPS) is 22.1. The minimum atomic E-state index is 0.0394. The molecule has 2 unspecified atom stereocenters. The Kier molecular flexibility index (Phi) is 3.26. The van der Waals surface area contributed by atoms with Gasteiger partial charge in [0.05, 0.1) is 16.0 Å². The van der Waals surface area contributed by atoms with E-state index >= 15 is 0 Å². The van der Waals surface area contributed by atoms with Gasteiger partial charge in [-0.25, -0.2) is 4.98 Å². The first-order chi connectivity index (χ1) is 9.13. The van der Waals surface area contributed by atoms with Crippen molar-refractivity contribution in [1.82, 2.24) is 15.1 Å². The number of rotatable bonds is 2. The number of hydrogen-bond donors (Lipinski definition) is 1. The van der Waals surface area contributed by atoms with Gasteiger partial charge < -0.3 is 10.3 Å². The van der Waals surface area contributed by atoms with E-state index in [-0.39, 0.29) is 12.0 Å². The van der Waals surface area contributed by atoms with Crippen LogP contribution in [-0.2, 0) is 0 Å². The maximum absolute atomic E-state index is 6.05. The van der Waals surface area contributed by atoms with Gasteiger partial charge in [-0.1, -0.05) is 40.5 Å². The second kappa shape index (κ2) is 4.92. The molecule has 5 nitrogen and oxygen atoms in total. The van der Waals surface area contributed by atoms with Gasteiger partial charge in [0.1, 0.15) is 5.69 Å². The van der Waals surface area contributed by atoms with E-state index in [1.54, 1.807) is 6.07 Å². The highest BCUT2D eigenvalue weighted by Gasteiger charge is 2.24. The number of aromatic nitrogens is 3. The summed E-state index contributed by atoms with van der Waals surface area (Å²) < 4.78 is 5.24. The van der Waals surface area contributed by atoms with Gasteiger partial charge in [0, 0.05) is 12.2 Å². The first kappa shape index (κ1) is 12.6. The van der Waals surface area contributed by atoms with Crippen molar-refractivity contribution < 1.29 is 4.52 Å². The number of allylic oxidation sites excluding steroid dienone is 1. The molecule has 0 fully saturated rings. The average Bonchev–Trinajstić information content (AvgIpc) is 2.97. The molecule has 0 aliphatic heterocycles. The third-order valence-electron chi connectivity index (χ3n) is 2.90. The van der Waals surface area contributed by atoms with Crippen molar-refractivity contribution in [3.8, 4) is 11.5 Å². The molecule has 1 aliphatic rings. The molecule has 3 rings (SSSR count). The molecule has 1 aliphatic carbocycles. The summed E-state index contributed by atoms with van der Waals surface area (Å²) in [6.07, 6.45) is 6.16. The molecule has 0 saturated heterocycles. The lowest BCUT2D eigenvalue weighted by atomic mass is 10.1. The Hall–Kier alpha value is -1.43. The predicted molar refractivity (Wildman–Crippen MR) is 72.0 cm³/mol. The minimum Gasteiger partial charge on any atom is -0.338 e. The van der Waals surface area contributed by atoms with Crippen LogP contribution in [0.3, 0.4) is 0 Å². The summed E-state index contributed by atoms with van der Waals surface area (Å²) in [4.78, 5) is 8.42. The first-order valence-electron chi connectivity index (χ1n) is 5.72. The zero-order chi connectivity index (χ0) is 13.4. The van der Waals surface area contributed by atoms with E-state index in [0.29, 0.717) is 27.5 Å². The van der Waals surface area contributed by atoms with Crippen LogP contribution in [0.1, 0.15) is 18.2 Å². The summed E-state index contributed by atoms with van der Waals surface area (Å²) in [5.74, 6) is 0.930. The lowest BCUT2D eigenvalue weighted by Gasteiger charge is -2.02. The Bertz CT molecular complexity index is 640. The summed E-state index contributed by atoms with van der Waals surface area (Å²) in [7, 11) is 0. The minimum absolute atomic E-state index is 0.0394. The molecule has 0 spiro atoms. The standard InChI is InChI=1S/C12H10Cl2N4O/c13-7-4-9(14)10(16-5-7)11-17-12(19-18-11)6-1-2-8(15)3-6/h1-2,4-6,8H,3,15H2. The van der Waals surface area contributed by atoms with Crippen LogP contribution in [0.4, 0.5) is 0 Å². The summed E-state index contributed by atoms with van der Waals surface area (Å²) >= 11 is 11.8. The molecule has 0 radical (unpaired) electrons. The van der Waals surface area contributed by atoms with Crippen molar-refractivity contribution in [2.45, 2.75) is 18.4 Å². The Morgan fingerprint density at radius 1 is 1.32 bits per heavy atom. The van der Waals surface area contributed by atoms with Gasteiger partial charge in [0.2, 0.25) is 11.7 Å². The Morgan fingerprint density at radius 2 is 2.16 bits per heavy atom. The Labute approximate surface area is 119 Å². The smallest absolute Gasteiger partial charge is 0.234 e. The van der Waals surface area contributed by atoms with Crippen molar-refractivity contribution in [3.63, 3.8) is 0 Å². The fraction of sp³-hybridized carbons (Fsp3) is 0.250. The molecule has 2 heterocycles. The second-order valence-electron chi connectivity index (χ2n) is 4.33. The molecular formula is C12H10Cl2N4O. The third-order valence-corrected chi connectivity index (χ3v) is 3.39. The van der Waals surface area contributed by atoms with Gasteiger partial charge in [-0.05, 0) is 12.5 Å². The zero-order valence-corrected chi connectivity index (χ0v) is 11.3. The second-order valence-corrected chi connectivity index (χ2v) is 5.17. The maximum Gasteiger partial charge on any atom is 0.234 e. The van der Waals surface area contributed by atoms with Crippen LogP contribution in [0.5, 0.6) is 0 Å². The molecule has 2 aromatic heterocycles. The van der Waals surface area contributed by atoms with Gasteiger partial charge in [-0.3, -0.25) is 0 Å². The highest BCUT2D eigenvalue weighted by molar-refractivity contribution is 6.35. The van der Waals surface area contributed by atoms with E-state index in [2.05, 4.69) is 15.1 Å². The van der Waals surface area contributed by atoms with Crippen molar-refractivity contribution in [1.29, 1.82) is 0 Å². The Morgan fingerprint density at radius 3 is 2.84 bits per heavy atom. The molecule has 0 saturated carbocycles. The Balaban J connectivity index is 1.91. The molecule has 2 atom stereocenters. The summed E-state index contributed by atoms with van der Waals surface area (Å²) in [5.41, 5.74) is 6.25. The van der Waals surface area contributed by atoms with Crippen molar-refractivity contribution in [2.24, 2.45) is 5.73 Å². The van der Waals surface area contributed by atoms with Crippen LogP contribution in [0.25, 0.3) is 11.5 Å².